The molecule has 7 nitrogen and oxygen atoms in total. The summed E-state index contributed by atoms with van der Waals surface area (Å²) in [5.74, 6) is 0.631. The Kier molecular flexibility index (Phi) is 7.46. The van der Waals surface area contributed by atoms with E-state index < -0.39 is 6.17 Å². The number of carbonyl (C=O) groups excluding carboxylic acids is 1. The zero-order valence-corrected chi connectivity index (χ0v) is 18.5. The van der Waals surface area contributed by atoms with Crippen LogP contribution in [-0.4, -0.2) is 29.0 Å². The number of nitrogens with zero attached hydrogens (tertiary/aromatic N) is 2. The normalized spacial score (nSPS) is 17.2. The van der Waals surface area contributed by atoms with Crippen molar-refractivity contribution in [3.63, 3.8) is 0 Å². The molecule has 2 atom stereocenters. The maximum atomic E-state index is 11.7. The molecular formula is C25H30N6O. The molecule has 2 unspecified atom stereocenters. The van der Waals surface area contributed by atoms with Gasteiger partial charge in [0.05, 0.1) is 12.2 Å². The first kappa shape index (κ1) is 22.8. The summed E-state index contributed by atoms with van der Waals surface area (Å²) >= 11 is 0. The summed E-state index contributed by atoms with van der Waals surface area (Å²) in [4.78, 5) is 18.1. The minimum Gasteiger partial charge on any atom is -0.402 e. The number of rotatable bonds is 8. The summed E-state index contributed by atoms with van der Waals surface area (Å²) in [6.07, 6.45) is 11.3. The SMILES string of the molecule is C=CC(=O)Nc1cccc(C2C=C(Cc3cccnc3)C=C(NC(N)/C=C(/C)N)N2C)c1. The van der Waals surface area contributed by atoms with Gasteiger partial charge in [-0.25, -0.2) is 0 Å². The molecule has 166 valence electrons. The number of hydrogen-bond acceptors (Lipinski definition) is 6. The molecule has 6 N–H and O–H groups in total. The molecule has 0 bridgehead atoms. The molecule has 0 saturated heterocycles. The number of benzene rings is 1. The fourth-order valence-electron chi connectivity index (χ4n) is 3.59. The van der Waals surface area contributed by atoms with E-state index in [1.807, 2.05) is 43.6 Å². The van der Waals surface area contributed by atoms with Crippen molar-refractivity contribution in [1.29, 1.82) is 0 Å². The quantitative estimate of drug-likeness (QED) is 0.379. The van der Waals surface area contributed by atoms with Crippen molar-refractivity contribution in [3.8, 4) is 0 Å². The molecule has 1 aromatic heterocycles. The molecule has 2 aromatic rings. The van der Waals surface area contributed by atoms with Crippen LogP contribution in [0.3, 0.4) is 0 Å². The fraction of sp³-hybridized carbons (Fsp3) is 0.200. The molecule has 0 spiro atoms. The summed E-state index contributed by atoms with van der Waals surface area (Å²) in [5, 5.41) is 6.17. The molecule has 0 fully saturated rings. The van der Waals surface area contributed by atoms with Crippen LogP contribution in [0.5, 0.6) is 0 Å². The number of nitrogens with two attached hydrogens (primary N) is 2. The standard InChI is InChI=1S/C25H30N6O/c1-4-25(32)29-21-9-5-8-20(15-21)22-13-19(12-18-7-6-10-28-16-18)14-24(31(22)3)30-23(27)11-17(2)26/h4-11,13-16,22-23,30H,1,12,26-27H2,2-3H3,(H,29,32)/b17-11-. The number of aromatic nitrogens is 1. The molecule has 0 saturated carbocycles. The largest absolute Gasteiger partial charge is 0.402 e. The lowest BCUT2D eigenvalue weighted by Gasteiger charge is -2.36. The van der Waals surface area contributed by atoms with E-state index >= 15 is 0 Å². The van der Waals surface area contributed by atoms with Crippen LogP contribution in [0.15, 0.2) is 96.8 Å². The van der Waals surface area contributed by atoms with Gasteiger partial charge >= 0.3 is 0 Å². The highest BCUT2D eigenvalue weighted by Gasteiger charge is 2.23. The van der Waals surface area contributed by atoms with Gasteiger partial charge < -0.3 is 27.0 Å². The van der Waals surface area contributed by atoms with Crippen LogP contribution < -0.4 is 22.1 Å². The van der Waals surface area contributed by atoms with Crippen LogP contribution in [0.1, 0.15) is 24.1 Å². The van der Waals surface area contributed by atoms with Gasteiger partial charge in [0.2, 0.25) is 5.91 Å². The fourth-order valence-corrected chi connectivity index (χ4v) is 3.59. The van der Waals surface area contributed by atoms with Gasteiger partial charge in [0, 0.05) is 30.8 Å². The average Bonchev–Trinajstić information content (AvgIpc) is 2.76. The van der Waals surface area contributed by atoms with Crippen molar-refractivity contribution in [2.24, 2.45) is 11.5 Å². The molecular weight excluding hydrogens is 400 g/mol. The third-order valence-corrected chi connectivity index (χ3v) is 5.06. The molecule has 1 aliphatic rings. The van der Waals surface area contributed by atoms with E-state index in [1.54, 1.807) is 19.2 Å². The first-order valence-corrected chi connectivity index (χ1v) is 10.4. The van der Waals surface area contributed by atoms with Crippen molar-refractivity contribution in [2.75, 3.05) is 12.4 Å². The zero-order valence-electron chi connectivity index (χ0n) is 18.5. The van der Waals surface area contributed by atoms with Crippen molar-refractivity contribution >= 4 is 11.6 Å². The summed E-state index contributed by atoms with van der Waals surface area (Å²) < 4.78 is 0. The Morgan fingerprint density at radius 3 is 2.84 bits per heavy atom. The smallest absolute Gasteiger partial charge is 0.247 e. The van der Waals surface area contributed by atoms with Crippen molar-refractivity contribution in [1.82, 2.24) is 15.2 Å². The van der Waals surface area contributed by atoms with Crippen LogP contribution >= 0.6 is 0 Å². The number of allylic oxidation sites excluding steroid dienone is 3. The number of pyridine rings is 1. The average molecular weight is 431 g/mol. The van der Waals surface area contributed by atoms with Gasteiger partial charge in [-0.2, -0.15) is 0 Å². The molecule has 1 aromatic carbocycles. The minimum atomic E-state index is -0.426. The van der Waals surface area contributed by atoms with Crippen molar-refractivity contribution in [2.45, 2.75) is 25.6 Å². The lowest BCUT2D eigenvalue weighted by Crippen LogP contribution is -2.42. The highest BCUT2D eigenvalue weighted by molar-refractivity contribution is 5.98. The van der Waals surface area contributed by atoms with Gasteiger partial charge in [-0.3, -0.25) is 9.78 Å². The van der Waals surface area contributed by atoms with E-state index in [0.29, 0.717) is 11.4 Å². The second-order valence-electron chi connectivity index (χ2n) is 7.76. The van der Waals surface area contributed by atoms with E-state index in [0.717, 1.165) is 28.9 Å². The number of nitrogens with one attached hydrogen (secondary N) is 2. The number of anilines is 1. The Balaban J connectivity index is 1.94. The third-order valence-electron chi connectivity index (χ3n) is 5.06. The zero-order chi connectivity index (χ0) is 23.1. The monoisotopic (exact) mass is 430 g/mol. The second kappa shape index (κ2) is 10.5. The van der Waals surface area contributed by atoms with E-state index in [-0.39, 0.29) is 11.9 Å². The Labute approximate surface area is 189 Å². The van der Waals surface area contributed by atoms with Gasteiger partial charge in [0.25, 0.3) is 0 Å². The summed E-state index contributed by atoms with van der Waals surface area (Å²) in [5.41, 5.74) is 16.7. The highest BCUT2D eigenvalue weighted by Crippen LogP contribution is 2.32. The van der Waals surface area contributed by atoms with E-state index in [2.05, 4.69) is 45.3 Å². The number of hydrogen-bond donors (Lipinski definition) is 4. The molecule has 1 aliphatic heterocycles. The number of carbonyl (C=O) groups is 1. The summed E-state index contributed by atoms with van der Waals surface area (Å²) in [7, 11) is 2.00. The predicted octanol–water partition coefficient (Wildman–Crippen LogP) is 2.94. The van der Waals surface area contributed by atoms with Crippen LogP contribution in [-0.2, 0) is 11.2 Å². The number of likely N-dealkylation sites (N-methyl/N-ethyl adjacent to an activating group) is 1. The summed E-state index contributed by atoms with van der Waals surface area (Å²) in [6.45, 7) is 5.32. The lowest BCUT2D eigenvalue weighted by molar-refractivity contribution is -0.111. The van der Waals surface area contributed by atoms with E-state index in [1.165, 1.54) is 6.08 Å². The molecule has 7 heteroatoms. The predicted molar refractivity (Wildman–Crippen MR) is 129 cm³/mol. The van der Waals surface area contributed by atoms with Gasteiger partial charge in [-0.15, -0.1) is 0 Å². The number of amides is 1. The second-order valence-corrected chi connectivity index (χ2v) is 7.76. The molecule has 32 heavy (non-hydrogen) atoms. The van der Waals surface area contributed by atoms with E-state index in [9.17, 15) is 4.79 Å². The maximum Gasteiger partial charge on any atom is 0.247 e. The summed E-state index contributed by atoms with van der Waals surface area (Å²) in [6, 6.07) is 11.7. The molecule has 0 aliphatic carbocycles. The Morgan fingerprint density at radius 2 is 2.16 bits per heavy atom. The maximum absolute atomic E-state index is 11.7. The van der Waals surface area contributed by atoms with Crippen LogP contribution in [0.4, 0.5) is 5.69 Å². The van der Waals surface area contributed by atoms with Crippen LogP contribution in [0.2, 0.25) is 0 Å². The minimum absolute atomic E-state index is 0.0649. The Bertz CT molecular complexity index is 1050. The van der Waals surface area contributed by atoms with Crippen LogP contribution in [0, 0.1) is 0 Å². The van der Waals surface area contributed by atoms with Crippen molar-refractivity contribution in [3.05, 3.63) is 108 Å². The van der Waals surface area contributed by atoms with Crippen LogP contribution in [0.25, 0.3) is 0 Å². The molecule has 2 heterocycles. The molecule has 1 amide bonds. The first-order chi connectivity index (χ1) is 15.4. The Hall–Kier alpha value is -3.84. The highest BCUT2D eigenvalue weighted by atomic mass is 16.1. The topological polar surface area (TPSA) is 109 Å². The first-order valence-electron chi connectivity index (χ1n) is 10.4. The van der Waals surface area contributed by atoms with Gasteiger partial charge in [-0.05, 0) is 66.5 Å². The van der Waals surface area contributed by atoms with E-state index in [4.69, 9.17) is 11.5 Å². The Morgan fingerprint density at radius 1 is 1.34 bits per heavy atom. The van der Waals surface area contributed by atoms with Crippen molar-refractivity contribution < 1.29 is 4.79 Å². The van der Waals surface area contributed by atoms with Gasteiger partial charge in [-0.1, -0.05) is 30.9 Å². The van der Waals surface area contributed by atoms with Gasteiger partial charge in [0.1, 0.15) is 5.82 Å². The molecule has 0 radical (unpaired) electrons. The lowest BCUT2D eigenvalue weighted by atomic mass is 9.95. The molecule has 3 rings (SSSR count). The third kappa shape index (κ3) is 6.09. The van der Waals surface area contributed by atoms with Gasteiger partial charge in [0.15, 0.2) is 0 Å².